The number of pyridine rings is 1. The molecule has 0 aliphatic heterocycles. The zero-order chi connectivity index (χ0) is 10.6. The van der Waals surface area contributed by atoms with Gasteiger partial charge in [0.25, 0.3) is 0 Å². The summed E-state index contributed by atoms with van der Waals surface area (Å²) in [6, 6.07) is 4.77. The molecule has 0 spiro atoms. The highest BCUT2D eigenvalue weighted by Gasteiger charge is 2.04. The van der Waals surface area contributed by atoms with Crippen molar-refractivity contribution in [3.63, 3.8) is 0 Å². The van der Waals surface area contributed by atoms with Crippen molar-refractivity contribution in [2.75, 3.05) is 11.9 Å². The minimum atomic E-state index is -1.04. The summed E-state index contributed by atoms with van der Waals surface area (Å²) in [4.78, 5) is 14.4. The number of carbonyl (C=O) groups is 1. The van der Waals surface area contributed by atoms with Crippen molar-refractivity contribution in [3.8, 4) is 0 Å². The van der Waals surface area contributed by atoms with Gasteiger partial charge in [0.2, 0.25) is 0 Å². The highest BCUT2D eigenvalue weighted by Crippen LogP contribution is 2.07. The van der Waals surface area contributed by atoms with Gasteiger partial charge in [0, 0.05) is 11.0 Å². The van der Waals surface area contributed by atoms with Crippen molar-refractivity contribution in [3.05, 3.63) is 35.0 Å². The molecule has 74 valence electrons. The highest BCUT2D eigenvalue weighted by molar-refractivity contribution is 9.11. The summed E-state index contributed by atoms with van der Waals surface area (Å²) in [5.74, 6) is -0.517. The first kappa shape index (κ1) is 10.7. The van der Waals surface area contributed by atoms with Gasteiger partial charge in [0.15, 0.2) is 5.69 Å². The largest absolute Gasteiger partial charge is 0.477 e. The van der Waals surface area contributed by atoms with Crippen LogP contribution in [0.3, 0.4) is 0 Å². The number of carboxylic acids is 1. The molecular formula is C9H9BrN2O2. The predicted octanol–water partition coefficient (Wildman–Crippen LogP) is 2.10. The maximum absolute atomic E-state index is 10.6. The smallest absolute Gasteiger partial charge is 0.354 e. The first-order valence-electron chi connectivity index (χ1n) is 3.87. The molecule has 4 nitrogen and oxygen atoms in total. The van der Waals surface area contributed by atoms with E-state index in [1.807, 2.05) is 0 Å². The van der Waals surface area contributed by atoms with E-state index >= 15 is 0 Å². The predicted molar refractivity (Wildman–Crippen MR) is 57.8 cm³/mol. The number of anilines is 1. The fraction of sp³-hybridized carbons (Fsp3) is 0.111. The Bertz CT molecular complexity index is 366. The quantitative estimate of drug-likeness (QED) is 0.867. The first-order chi connectivity index (χ1) is 6.59. The van der Waals surface area contributed by atoms with Crippen LogP contribution in [0.15, 0.2) is 29.3 Å². The molecule has 0 radical (unpaired) electrons. The fourth-order valence-corrected chi connectivity index (χ4v) is 0.979. The van der Waals surface area contributed by atoms with Crippen LogP contribution in [-0.2, 0) is 0 Å². The molecule has 1 rings (SSSR count). The molecule has 14 heavy (non-hydrogen) atoms. The molecule has 0 atom stereocenters. The van der Waals surface area contributed by atoms with Crippen molar-refractivity contribution in [1.82, 2.24) is 4.98 Å². The molecule has 0 aliphatic rings. The summed E-state index contributed by atoms with van der Waals surface area (Å²) in [6.07, 6.45) is 0. The van der Waals surface area contributed by atoms with E-state index in [2.05, 4.69) is 32.8 Å². The Hall–Kier alpha value is -1.36. The summed E-state index contributed by atoms with van der Waals surface area (Å²) in [5.41, 5.74) is 0.0233. The Morgan fingerprint density at radius 2 is 2.36 bits per heavy atom. The van der Waals surface area contributed by atoms with E-state index in [1.165, 1.54) is 6.07 Å². The molecule has 1 aromatic heterocycles. The molecule has 0 saturated carbocycles. The van der Waals surface area contributed by atoms with Crippen molar-refractivity contribution in [1.29, 1.82) is 0 Å². The summed E-state index contributed by atoms with van der Waals surface area (Å²) < 4.78 is 0.778. The number of halogens is 1. The molecule has 0 unspecified atom stereocenters. The van der Waals surface area contributed by atoms with Crippen LogP contribution in [0.2, 0.25) is 0 Å². The monoisotopic (exact) mass is 256 g/mol. The number of hydrogen-bond donors (Lipinski definition) is 2. The lowest BCUT2D eigenvalue weighted by Crippen LogP contribution is -2.06. The maximum Gasteiger partial charge on any atom is 0.354 e. The van der Waals surface area contributed by atoms with E-state index in [0.717, 1.165) is 4.48 Å². The molecule has 2 N–H and O–H groups in total. The zero-order valence-electron chi connectivity index (χ0n) is 7.33. The van der Waals surface area contributed by atoms with Crippen LogP contribution in [0.1, 0.15) is 10.5 Å². The number of nitrogens with zero attached hydrogens (tertiary/aromatic N) is 1. The summed E-state index contributed by atoms with van der Waals surface area (Å²) in [6.45, 7) is 4.15. The van der Waals surface area contributed by atoms with Gasteiger partial charge >= 0.3 is 5.97 Å². The van der Waals surface area contributed by atoms with E-state index < -0.39 is 5.97 Å². The molecular weight excluding hydrogens is 248 g/mol. The van der Waals surface area contributed by atoms with Crippen LogP contribution >= 0.6 is 15.9 Å². The van der Waals surface area contributed by atoms with Gasteiger partial charge in [0.1, 0.15) is 5.82 Å². The van der Waals surface area contributed by atoms with Crippen LogP contribution in [0.5, 0.6) is 0 Å². The number of carboxylic acid groups (broad SMARTS) is 1. The third-order valence-corrected chi connectivity index (χ3v) is 1.71. The van der Waals surface area contributed by atoms with E-state index in [9.17, 15) is 4.79 Å². The van der Waals surface area contributed by atoms with Gasteiger partial charge in [-0.15, -0.1) is 0 Å². The number of aromatic carboxylic acids is 1. The van der Waals surface area contributed by atoms with Crippen molar-refractivity contribution in [2.24, 2.45) is 0 Å². The normalized spacial score (nSPS) is 9.50. The van der Waals surface area contributed by atoms with E-state index in [-0.39, 0.29) is 5.69 Å². The second-order valence-electron chi connectivity index (χ2n) is 2.58. The van der Waals surface area contributed by atoms with Gasteiger partial charge in [-0.1, -0.05) is 28.6 Å². The second-order valence-corrected chi connectivity index (χ2v) is 3.71. The maximum atomic E-state index is 10.6. The van der Waals surface area contributed by atoms with E-state index in [0.29, 0.717) is 12.4 Å². The van der Waals surface area contributed by atoms with E-state index in [1.54, 1.807) is 12.1 Å². The Balaban J connectivity index is 2.73. The molecule has 0 aliphatic carbocycles. The summed E-state index contributed by atoms with van der Waals surface area (Å²) >= 11 is 3.18. The lowest BCUT2D eigenvalue weighted by atomic mass is 10.3. The average molecular weight is 257 g/mol. The lowest BCUT2D eigenvalue weighted by molar-refractivity contribution is 0.0690. The van der Waals surface area contributed by atoms with Crippen LogP contribution in [0.25, 0.3) is 0 Å². The number of hydrogen-bond acceptors (Lipinski definition) is 3. The molecule has 5 heteroatoms. The van der Waals surface area contributed by atoms with Crippen LogP contribution in [-0.4, -0.2) is 22.6 Å². The van der Waals surface area contributed by atoms with E-state index in [4.69, 9.17) is 5.11 Å². The Kier molecular flexibility index (Phi) is 3.64. The van der Waals surface area contributed by atoms with Crippen LogP contribution in [0, 0.1) is 0 Å². The second kappa shape index (κ2) is 4.76. The first-order valence-corrected chi connectivity index (χ1v) is 4.66. The summed E-state index contributed by atoms with van der Waals surface area (Å²) in [5, 5.41) is 11.6. The van der Waals surface area contributed by atoms with Gasteiger partial charge in [-0.25, -0.2) is 9.78 Å². The van der Waals surface area contributed by atoms with Gasteiger partial charge in [-0.2, -0.15) is 0 Å². The molecule has 1 aromatic rings. The highest BCUT2D eigenvalue weighted by atomic mass is 79.9. The molecule has 1 heterocycles. The number of nitrogens with one attached hydrogen (secondary N) is 1. The van der Waals surface area contributed by atoms with Crippen molar-refractivity contribution >= 4 is 27.7 Å². The van der Waals surface area contributed by atoms with Crippen LogP contribution < -0.4 is 5.32 Å². The third-order valence-electron chi connectivity index (χ3n) is 1.43. The van der Waals surface area contributed by atoms with Gasteiger partial charge in [0.05, 0.1) is 0 Å². The SMILES string of the molecule is C=C(Br)CNc1cccc(C(=O)O)n1. The molecule has 0 saturated heterocycles. The third kappa shape index (κ3) is 3.18. The Morgan fingerprint density at radius 3 is 2.93 bits per heavy atom. The average Bonchev–Trinajstić information content (AvgIpc) is 2.15. The number of rotatable bonds is 4. The zero-order valence-corrected chi connectivity index (χ0v) is 8.91. The van der Waals surface area contributed by atoms with Crippen molar-refractivity contribution in [2.45, 2.75) is 0 Å². The molecule has 0 bridgehead atoms. The van der Waals surface area contributed by atoms with Gasteiger partial charge in [-0.3, -0.25) is 0 Å². The standard InChI is InChI=1S/C9H9BrN2O2/c1-6(10)5-11-8-4-2-3-7(12-8)9(13)14/h2-4H,1,5H2,(H,11,12)(H,13,14). The lowest BCUT2D eigenvalue weighted by Gasteiger charge is -2.04. The number of aromatic nitrogens is 1. The molecule has 0 aromatic carbocycles. The minimum absolute atomic E-state index is 0.0233. The Labute approximate surface area is 89.8 Å². The minimum Gasteiger partial charge on any atom is -0.477 e. The Morgan fingerprint density at radius 1 is 1.64 bits per heavy atom. The molecule has 0 fully saturated rings. The summed E-state index contributed by atoms with van der Waals surface area (Å²) in [7, 11) is 0. The molecule has 0 amide bonds. The van der Waals surface area contributed by atoms with Crippen LogP contribution in [0.4, 0.5) is 5.82 Å². The van der Waals surface area contributed by atoms with Crippen molar-refractivity contribution < 1.29 is 9.90 Å². The van der Waals surface area contributed by atoms with Gasteiger partial charge in [-0.05, 0) is 12.1 Å². The van der Waals surface area contributed by atoms with Gasteiger partial charge < -0.3 is 10.4 Å². The topological polar surface area (TPSA) is 62.2 Å². The fourth-order valence-electron chi connectivity index (χ4n) is 0.839.